The number of nitrogens with zero attached hydrogens (tertiary/aromatic N) is 3. The third-order valence-corrected chi connectivity index (χ3v) is 17.8. The van der Waals surface area contributed by atoms with E-state index >= 15 is 0 Å². The van der Waals surface area contributed by atoms with Crippen LogP contribution in [-0.2, 0) is 36.5 Å². The summed E-state index contributed by atoms with van der Waals surface area (Å²) in [5, 5.41) is 0. The Morgan fingerprint density at radius 2 is 1.07 bits per heavy atom. The van der Waals surface area contributed by atoms with E-state index in [0.717, 1.165) is 32.1 Å². The lowest BCUT2D eigenvalue weighted by molar-refractivity contribution is 0.195. The van der Waals surface area contributed by atoms with E-state index in [1.807, 2.05) is 0 Å². The van der Waals surface area contributed by atoms with E-state index in [2.05, 4.69) is 217 Å². The zero-order chi connectivity index (χ0) is 46.7. The van der Waals surface area contributed by atoms with E-state index < -0.39 is 0 Å². The van der Waals surface area contributed by atoms with Crippen molar-refractivity contribution in [3.63, 3.8) is 0 Å². The van der Waals surface area contributed by atoms with Gasteiger partial charge in [0.05, 0.1) is 5.54 Å². The van der Waals surface area contributed by atoms with Gasteiger partial charge >= 0.3 is 0 Å². The normalized spacial score (nSPS) is 22.2. The average Bonchev–Trinajstić information content (AvgIpc) is 3.87. The highest BCUT2D eigenvalue weighted by Crippen LogP contribution is 2.62. The van der Waals surface area contributed by atoms with Crippen LogP contribution in [0, 0.1) is 10.8 Å². The van der Waals surface area contributed by atoms with Crippen LogP contribution in [0.2, 0.25) is 0 Å². The minimum absolute atomic E-state index is 0.0155. The summed E-state index contributed by atoms with van der Waals surface area (Å²) in [5.41, 5.74) is 26.4. The minimum Gasteiger partial charge on any atom is -0.334 e. The maximum atomic E-state index is 2.83. The molecule has 0 amide bonds. The standard InChI is InChI=1S/C64H66BN3/c1-60(2,3)47-24-26-52-56(34-47)66(48-20-14-11-15-21-48)57-35-50(68-54-27-23-42(41-18-12-10-13-19-41)31-51(54)63(8)28-16-17-29-64(63,68)9)36-58-59(57)65(52)53-32-45-39-62(6,7)40-46(45)33-55(53)67(58)49-25-22-43-37-61(4,5)38-44(43)30-49/h10-15,18-27,30-36H,16-17,28-29,37-40H2,1-9H3. The molecule has 0 aromatic heterocycles. The lowest BCUT2D eigenvalue weighted by Crippen LogP contribution is -2.61. The lowest BCUT2D eigenvalue weighted by Gasteiger charge is -2.51. The van der Waals surface area contributed by atoms with Crippen LogP contribution in [0.3, 0.4) is 0 Å². The van der Waals surface area contributed by atoms with Crippen molar-refractivity contribution in [3.8, 4) is 11.1 Å². The quantitative estimate of drug-likeness (QED) is 0.163. The van der Waals surface area contributed by atoms with Crippen LogP contribution in [0.5, 0.6) is 0 Å². The van der Waals surface area contributed by atoms with E-state index in [1.165, 1.54) is 126 Å². The van der Waals surface area contributed by atoms with E-state index in [1.54, 1.807) is 0 Å². The molecule has 13 rings (SSSR count). The second kappa shape index (κ2) is 14.3. The number of hydrogen-bond acceptors (Lipinski definition) is 3. The van der Waals surface area contributed by atoms with Crippen LogP contribution in [0.1, 0.15) is 121 Å². The Kier molecular flexibility index (Phi) is 8.85. The first-order valence-corrected chi connectivity index (χ1v) is 25.8. The zero-order valence-corrected chi connectivity index (χ0v) is 41.9. The van der Waals surface area contributed by atoms with Gasteiger partial charge in [-0.15, -0.1) is 0 Å². The Balaban J connectivity index is 1.13. The molecule has 68 heavy (non-hydrogen) atoms. The van der Waals surface area contributed by atoms with E-state index in [9.17, 15) is 0 Å². The molecule has 1 saturated carbocycles. The van der Waals surface area contributed by atoms with Gasteiger partial charge in [0.15, 0.2) is 0 Å². The molecular formula is C64H66BN3. The molecule has 7 aromatic rings. The molecule has 2 atom stereocenters. The van der Waals surface area contributed by atoms with Gasteiger partial charge in [0.1, 0.15) is 0 Å². The van der Waals surface area contributed by atoms with Crippen molar-refractivity contribution in [2.24, 2.45) is 10.8 Å². The number of hydrogen-bond donors (Lipinski definition) is 0. The van der Waals surface area contributed by atoms with Gasteiger partial charge in [-0.05, 0) is 183 Å². The molecule has 3 heterocycles. The topological polar surface area (TPSA) is 9.72 Å². The fourth-order valence-corrected chi connectivity index (χ4v) is 14.4. The molecular weight excluding hydrogens is 822 g/mol. The molecule has 0 N–H and O–H groups in total. The van der Waals surface area contributed by atoms with Gasteiger partial charge in [0, 0.05) is 50.9 Å². The second-order valence-electron chi connectivity index (χ2n) is 24.8. The maximum absolute atomic E-state index is 2.83. The molecule has 7 aromatic carbocycles. The molecule has 0 saturated heterocycles. The van der Waals surface area contributed by atoms with Crippen molar-refractivity contribution < 1.29 is 0 Å². The number of fused-ring (bicyclic) bond motifs is 9. The monoisotopic (exact) mass is 888 g/mol. The lowest BCUT2D eigenvalue weighted by atomic mass is 9.33. The smallest absolute Gasteiger partial charge is 0.252 e. The Morgan fingerprint density at radius 1 is 0.456 bits per heavy atom. The summed E-state index contributed by atoms with van der Waals surface area (Å²) in [4.78, 5) is 8.20. The summed E-state index contributed by atoms with van der Waals surface area (Å²) >= 11 is 0. The van der Waals surface area contributed by atoms with E-state index in [4.69, 9.17) is 0 Å². The molecule has 0 radical (unpaired) electrons. The largest absolute Gasteiger partial charge is 0.334 e. The predicted octanol–water partition coefficient (Wildman–Crippen LogP) is 14.7. The Morgan fingerprint density at radius 3 is 1.78 bits per heavy atom. The van der Waals surface area contributed by atoms with Crippen molar-refractivity contribution >= 4 is 68.6 Å². The summed E-state index contributed by atoms with van der Waals surface area (Å²) in [6.07, 6.45) is 9.25. The highest BCUT2D eigenvalue weighted by molar-refractivity contribution is 7.00. The van der Waals surface area contributed by atoms with Gasteiger partial charge in [-0.2, -0.15) is 0 Å². The molecule has 6 aliphatic rings. The van der Waals surface area contributed by atoms with Gasteiger partial charge < -0.3 is 14.7 Å². The predicted molar refractivity (Wildman–Crippen MR) is 290 cm³/mol. The van der Waals surface area contributed by atoms with Crippen molar-refractivity contribution in [1.29, 1.82) is 0 Å². The molecule has 0 bridgehead atoms. The molecule has 3 aliphatic heterocycles. The number of anilines is 8. The van der Waals surface area contributed by atoms with Crippen molar-refractivity contribution in [2.75, 3.05) is 14.7 Å². The Bertz CT molecular complexity index is 3230. The van der Waals surface area contributed by atoms with E-state index in [-0.39, 0.29) is 33.9 Å². The van der Waals surface area contributed by atoms with Crippen molar-refractivity contribution in [2.45, 2.75) is 130 Å². The summed E-state index contributed by atoms with van der Waals surface area (Å²) in [6, 6.07) is 55.2. The van der Waals surface area contributed by atoms with Crippen LogP contribution in [0.4, 0.5) is 45.5 Å². The fourth-order valence-electron chi connectivity index (χ4n) is 14.4. The summed E-state index contributed by atoms with van der Waals surface area (Å²) < 4.78 is 0. The number of para-hydroxylation sites is 1. The third kappa shape index (κ3) is 6.10. The van der Waals surface area contributed by atoms with Gasteiger partial charge in [-0.3, -0.25) is 0 Å². The average molecular weight is 888 g/mol. The van der Waals surface area contributed by atoms with Gasteiger partial charge in [0.25, 0.3) is 6.71 Å². The zero-order valence-electron chi connectivity index (χ0n) is 41.9. The molecule has 4 heteroatoms. The highest BCUT2D eigenvalue weighted by atomic mass is 15.3. The molecule has 340 valence electrons. The maximum Gasteiger partial charge on any atom is 0.252 e. The van der Waals surface area contributed by atoms with Gasteiger partial charge in [0.2, 0.25) is 0 Å². The van der Waals surface area contributed by atoms with Crippen LogP contribution in [-0.4, -0.2) is 12.3 Å². The first kappa shape index (κ1) is 42.1. The van der Waals surface area contributed by atoms with Crippen LogP contribution < -0.4 is 31.1 Å². The van der Waals surface area contributed by atoms with Crippen LogP contribution >= 0.6 is 0 Å². The Labute approximate surface area is 406 Å². The third-order valence-electron chi connectivity index (χ3n) is 17.8. The summed E-state index contributed by atoms with van der Waals surface area (Å²) in [5.74, 6) is 0. The Hall–Kier alpha value is -6.00. The SMILES string of the molecule is CC1(C)Cc2ccc(N3c4cc5c(cc4B4c6ccc(C(C)(C)C)cc6N(c6ccccc6)c6cc(N7c8ccc(-c9ccccc9)cc8C8(C)CCCCC78C)cc3c64)CC(C)(C)C5)cc2C1. The molecule has 3 aliphatic carbocycles. The number of benzene rings is 7. The van der Waals surface area contributed by atoms with Gasteiger partial charge in [-0.1, -0.05) is 147 Å². The van der Waals surface area contributed by atoms with Crippen LogP contribution in [0.15, 0.2) is 140 Å². The summed E-state index contributed by atoms with van der Waals surface area (Å²) in [6.45, 7) is 22.2. The van der Waals surface area contributed by atoms with Crippen molar-refractivity contribution in [1.82, 2.24) is 0 Å². The molecule has 0 spiro atoms. The van der Waals surface area contributed by atoms with Crippen molar-refractivity contribution in [3.05, 3.63) is 173 Å². The molecule has 2 unspecified atom stereocenters. The molecule has 3 nitrogen and oxygen atoms in total. The number of rotatable bonds is 4. The molecule has 1 fully saturated rings. The van der Waals surface area contributed by atoms with Crippen LogP contribution in [0.25, 0.3) is 11.1 Å². The van der Waals surface area contributed by atoms with E-state index in [0.29, 0.717) is 0 Å². The second-order valence-corrected chi connectivity index (χ2v) is 24.8. The summed E-state index contributed by atoms with van der Waals surface area (Å²) in [7, 11) is 0. The van der Waals surface area contributed by atoms with Gasteiger partial charge in [-0.25, -0.2) is 0 Å². The minimum atomic E-state index is -0.129. The highest BCUT2D eigenvalue weighted by Gasteiger charge is 2.58. The first-order chi connectivity index (χ1) is 32.5. The first-order valence-electron chi connectivity index (χ1n) is 25.8. The fraction of sp³-hybridized carbons (Fsp3) is 0.344.